The minimum atomic E-state index is 0.412. The van der Waals surface area contributed by atoms with E-state index in [9.17, 15) is 0 Å². The maximum atomic E-state index is 9.02. The van der Waals surface area contributed by atoms with E-state index in [1.807, 2.05) is 30.6 Å². The number of rotatable bonds is 2. The molecular weight excluding hydrogens is 210 g/mol. The Bertz CT molecular complexity index is 550. The Balaban J connectivity index is 2.44. The van der Waals surface area contributed by atoms with Crippen molar-refractivity contribution in [3.05, 3.63) is 47.8 Å². The van der Waals surface area contributed by atoms with Gasteiger partial charge >= 0.3 is 0 Å². The van der Waals surface area contributed by atoms with Crippen LogP contribution in [-0.2, 0) is 0 Å². The van der Waals surface area contributed by atoms with Gasteiger partial charge in [0, 0.05) is 18.0 Å². The first-order valence-electron chi connectivity index (χ1n) is 5.54. The Morgan fingerprint density at radius 3 is 2.35 bits per heavy atom. The molecule has 1 aromatic carbocycles. The zero-order valence-corrected chi connectivity index (χ0v) is 9.88. The van der Waals surface area contributed by atoms with Gasteiger partial charge in [-0.2, -0.15) is 5.26 Å². The van der Waals surface area contributed by atoms with E-state index in [-0.39, 0.29) is 0 Å². The quantitative estimate of drug-likeness (QED) is 0.785. The highest BCUT2D eigenvalue weighted by atomic mass is 14.9. The first-order chi connectivity index (χ1) is 8.22. The SMILES string of the molecule is CC(C)c1cnc(-c2ccccc2C#N)nc1. The van der Waals surface area contributed by atoms with Gasteiger partial charge in [0.1, 0.15) is 0 Å². The molecule has 0 N–H and O–H groups in total. The Labute approximate surface area is 101 Å². The number of nitrogens with zero attached hydrogens (tertiary/aromatic N) is 3. The Morgan fingerprint density at radius 2 is 1.76 bits per heavy atom. The molecule has 0 aliphatic heterocycles. The minimum Gasteiger partial charge on any atom is -0.236 e. The van der Waals surface area contributed by atoms with Gasteiger partial charge in [-0.1, -0.05) is 26.0 Å². The minimum absolute atomic E-state index is 0.412. The molecule has 0 aliphatic rings. The summed E-state index contributed by atoms with van der Waals surface area (Å²) < 4.78 is 0. The fourth-order valence-electron chi connectivity index (χ4n) is 1.55. The molecule has 0 bridgehead atoms. The van der Waals surface area contributed by atoms with E-state index in [1.54, 1.807) is 6.07 Å². The molecule has 2 aromatic rings. The van der Waals surface area contributed by atoms with Crippen LogP contribution in [0, 0.1) is 11.3 Å². The van der Waals surface area contributed by atoms with Gasteiger partial charge in [-0.15, -0.1) is 0 Å². The predicted molar refractivity (Wildman–Crippen MR) is 66.3 cm³/mol. The molecule has 0 spiro atoms. The van der Waals surface area contributed by atoms with Gasteiger partial charge in [0.15, 0.2) is 5.82 Å². The monoisotopic (exact) mass is 223 g/mol. The third-order valence-corrected chi connectivity index (χ3v) is 2.63. The highest BCUT2D eigenvalue weighted by Crippen LogP contribution is 2.20. The van der Waals surface area contributed by atoms with Crippen molar-refractivity contribution >= 4 is 0 Å². The molecule has 3 heteroatoms. The van der Waals surface area contributed by atoms with Crippen molar-refractivity contribution < 1.29 is 0 Å². The van der Waals surface area contributed by atoms with Crippen molar-refractivity contribution in [3.63, 3.8) is 0 Å². The molecule has 1 heterocycles. The van der Waals surface area contributed by atoms with Crippen LogP contribution < -0.4 is 0 Å². The van der Waals surface area contributed by atoms with Crippen molar-refractivity contribution in [2.75, 3.05) is 0 Å². The second kappa shape index (κ2) is 4.75. The van der Waals surface area contributed by atoms with Crippen LogP contribution in [0.25, 0.3) is 11.4 Å². The Kier molecular flexibility index (Phi) is 3.15. The summed E-state index contributed by atoms with van der Waals surface area (Å²) in [7, 11) is 0. The normalized spacial score (nSPS) is 10.2. The van der Waals surface area contributed by atoms with Crippen LogP contribution in [0.5, 0.6) is 0 Å². The summed E-state index contributed by atoms with van der Waals surface area (Å²) in [6.45, 7) is 4.20. The van der Waals surface area contributed by atoms with Crippen LogP contribution in [0.1, 0.15) is 30.9 Å². The van der Waals surface area contributed by atoms with Gasteiger partial charge in [-0.3, -0.25) is 0 Å². The molecule has 0 amide bonds. The molecule has 0 unspecified atom stereocenters. The van der Waals surface area contributed by atoms with Gasteiger partial charge in [-0.05, 0) is 23.6 Å². The first kappa shape index (κ1) is 11.3. The molecule has 0 saturated carbocycles. The van der Waals surface area contributed by atoms with E-state index >= 15 is 0 Å². The molecule has 84 valence electrons. The predicted octanol–water partition coefficient (Wildman–Crippen LogP) is 3.14. The maximum Gasteiger partial charge on any atom is 0.160 e. The van der Waals surface area contributed by atoms with Crippen LogP contribution in [0.3, 0.4) is 0 Å². The van der Waals surface area contributed by atoms with Gasteiger partial charge in [0.05, 0.1) is 11.6 Å². The lowest BCUT2D eigenvalue weighted by molar-refractivity contribution is 0.847. The third kappa shape index (κ3) is 2.31. The van der Waals surface area contributed by atoms with Crippen molar-refractivity contribution in [3.8, 4) is 17.5 Å². The van der Waals surface area contributed by atoms with E-state index in [1.165, 1.54) is 0 Å². The lowest BCUT2D eigenvalue weighted by Gasteiger charge is -2.06. The summed E-state index contributed by atoms with van der Waals surface area (Å²) in [5.41, 5.74) is 2.48. The molecule has 0 radical (unpaired) electrons. The lowest BCUT2D eigenvalue weighted by Crippen LogP contribution is -1.95. The summed E-state index contributed by atoms with van der Waals surface area (Å²) in [6.07, 6.45) is 3.64. The molecule has 0 atom stereocenters. The van der Waals surface area contributed by atoms with Crippen LogP contribution in [0.15, 0.2) is 36.7 Å². The van der Waals surface area contributed by atoms with Crippen LogP contribution in [-0.4, -0.2) is 9.97 Å². The Hall–Kier alpha value is -2.21. The second-order valence-corrected chi connectivity index (χ2v) is 4.15. The summed E-state index contributed by atoms with van der Waals surface area (Å²) in [4.78, 5) is 8.63. The Morgan fingerprint density at radius 1 is 1.12 bits per heavy atom. The van der Waals surface area contributed by atoms with Crippen molar-refractivity contribution in [2.45, 2.75) is 19.8 Å². The summed E-state index contributed by atoms with van der Waals surface area (Å²) in [5.74, 6) is 1.02. The van der Waals surface area contributed by atoms with E-state index in [4.69, 9.17) is 5.26 Å². The van der Waals surface area contributed by atoms with E-state index in [0.717, 1.165) is 11.1 Å². The topological polar surface area (TPSA) is 49.6 Å². The van der Waals surface area contributed by atoms with Crippen molar-refractivity contribution in [1.29, 1.82) is 5.26 Å². The van der Waals surface area contributed by atoms with Gasteiger partial charge < -0.3 is 0 Å². The largest absolute Gasteiger partial charge is 0.236 e. The van der Waals surface area contributed by atoms with E-state index in [0.29, 0.717) is 17.3 Å². The van der Waals surface area contributed by atoms with E-state index in [2.05, 4.69) is 29.9 Å². The molecule has 0 fully saturated rings. The molecule has 2 rings (SSSR count). The van der Waals surface area contributed by atoms with Crippen LogP contribution >= 0.6 is 0 Å². The average Bonchev–Trinajstić information content (AvgIpc) is 2.39. The van der Waals surface area contributed by atoms with Gasteiger partial charge in [0.2, 0.25) is 0 Å². The standard InChI is InChI=1S/C14H13N3/c1-10(2)12-8-16-14(17-9-12)13-6-4-3-5-11(13)7-15/h3-6,8-10H,1-2H3. The zero-order chi connectivity index (χ0) is 12.3. The number of hydrogen-bond donors (Lipinski definition) is 0. The molecule has 1 aromatic heterocycles. The number of aromatic nitrogens is 2. The van der Waals surface area contributed by atoms with Gasteiger partial charge in [0.25, 0.3) is 0 Å². The molecule has 3 nitrogen and oxygen atoms in total. The number of benzene rings is 1. The molecule has 17 heavy (non-hydrogen) atoms. The summed E-state index contributed by atoms with van der Waals surface area (Å²) >= 11 is 0. The molecule has 0 saturated heterocycles. The molecular formula is C14H13N3. The highest BCUT2D eigenvalue weighted by molar-refractivity contribution is 5.64. The van der Waals surface area contributed by atoms with Crippen LogP contribution in [0.2, 0.25) is 0 Å². The maximum absolute atomic E-state index is 9.02. The number of nitriles is 1. The number of hydrogen-bond acceptors (Lipinski definition) is 3. The van der Waals surface area contributed by atoms with Gasteiger partial charge in [-0.25, -0.2) is 9.97 Å². The highest BCUT2D eigenvalue weighted by Gasteiger charge is 2.07. The fourth-order valence-corrected chi connectivity index (χ4v) is 1.55. The fraction of sp³-hybridized carbons (Fsp3) is 0.214. The average molecular weight is 223 g/mol. The summed E-state index contributed by atoms with van der Waals surface area (Å²) in [5, 5.41) is 9.02. The van der Waals surface area contributed by atoms with E-state index < -0.39 is 0 Å². The lowest BCUT2D eigenvalue weighted by atomic mass is 10.1. The summed E-state index contributed by atoms with van der Waals surface area (Å²) in [6, 6.07) is 9.51. The first-order valence-corrected chi connectivity index (χ1v) is 5.54. The zero-order valence-electron chi connectivity index (χ0n) is 9.88. The smallest absolute Gasteiger partial charge is 0.160 e. The van der Waals surface area contributed by atoms with Crippen LogP contribution in [0.4, 0.5) is 0 Å². The molecule has 0 aliphatic carbocycles. The van der Waals surface area contributed by atoms with Crippen molar-refractivity contribution in [1.82, 2.24) is 9.97 Å². The third-order valence-electron chi connectivity index (χ3n) is 2.63. The second-order valence-electron chi connectivity index (χ2n) is 4.15. The van der Waals surface area contributed by atoms with Crippen molar-refractivity contribution in [2.24, 2.45) is 0 Å².